The Balaban J connectivity index is 0.000000122. The van der Waals surface area contributed by atoms with Crippen molar-refractivity contribution in [3.05, 3.63) is 215 Å². The largest absolute Gasteiger partial charge is 0.515 e. The average molecular weight is 1850 g/mol. The summed E-state index contributed by atoms with van der Waals surface area (Å²) < 4.78 is 40.1. The van der Waals surface area contributed by atoms with E-state index in [0.29, 0.717) is 108 Å². The number of benzene rings is 4. The van der Waals surface area contributed by atoms with E-state index in [1.165, 1.54) is 81.5 Å². The molecule has 16 aliphatic carbocycles. The number of aliphatic hydroxyl groups excluding tert-OH is 4. The second-order valence-corrected chi connectivity index (χ2v) is 47.5. The summed E-state index contributed by atoms with van der Waals surface area (Å²) in [5.41, 5.74) is 18.2. The predicted molar refractivity (Wildman–Crippen MR) is 531 cm³/mol. The molecule has 32 atom stereocenters. The first-order chi connectivity index (χ1) is 63.1. The van der Waals surface area contributed by atoms with E-state index in [1.807, 2.05) is 20.0 Å². The number of carbonyl (C=O) groups is 2. The van der Waals surface area contributed by atoms with Gasteiger partial charge in [-0.2, -0.15) is 10.2 Å². The normalized spacial score (nSPS) is 43.4. The Morgan fingerprint density at radius 1 is 0.385 bits per heavy atom. The third-order valence-electron chi connectivity index (χ3n) is 40.2. The van der Waals surface area contributed by atoms with Crippen molar-refractivity contribution in [2.45, 2.75) is 320 Å². The van der Waals surface area contributed by atoms with Crippen LogP contribution in [-0.2, 0) is 63.7 Å². The number of ketones is 2. The zero-order valence-electron chi connectivity index (χ0n) is 81.6. The molecule has 3 saturated heterocycles. The molecule has 0 radical (unpaired) electrons. The molecule has 732 valence electrons. The summed E-state index contributed by atoms with van der Waals surface area (Å²) in [5.74, 6) is 13.6. The first-order valence-electron chi connectivity index (χ1n) is 50.9. The van der Waals surface area contributed by atoms with Gasteiger partial charge >= 0.3 is 0 Å². The number of aromatic nitrogens is 4. The molecule has 19 nitrogen and oxygen atoms in total. The second kappa shape index (κ2) is 36.3. The van der Waals surface area contributed by atoms with Crippen molar-refractivity contribution in [2.24, 2.45) is 150 Å². The van der Waals surface area contributed by atoms with E-state index < -0.39 is 29.6 Å². The highest BCUT2D eigenvalue weighted by Crippen LogP contribution is 2.75. The number of nitrogens with two attached hydrogens (primary N) is 2. The molecule has 5 heterocycles. The van der Waals surface area contributed by atoms with Crippen molar-refractivity contribution in [3.8, 4) is 0 Å². The first kappa shape index (κ1) is 99.2. The van der Waals surface area contributed by atoms with Crippen LogP contribution in [0.1, 0.15) is 273 Å². The van der Waals surface area contributed by atoms with Crippen LogP contribution in [0.3, 0.4) is 0 Å². The summed E-state index contributed by atoms with van der Waals surface area (Å²) >= 11 is 0. The van der Waals surface area contributed by atoms with Gasteiger partial charge in [-0.15, -0.1) is 0 Å². The van der Waals surface area contributed by atoms with Crippen molar-refractivity contribution >= 4 is 33.9 Å². The van der Waals surface area contributed by atoms with E-state index >= 15 is 0 Å². The predicted octanol–water partition coefficient (Wildman–Crippen LogP) is 21.2. The third kappa shape index (κ3) is 15.7. The fraction of sp³-hybridized carbons (Fsp3) is 0.638. The highest BCUT2D eigenvalue weighted by molar-refractivity contribution is 5.96. The van der Waals surface area contributed by atoms with Crippen molar-refractivity contribution in [1.82, 2.24) is 20.4 Å². The fourth-order valence-corrected chi connectivity index (χ4v) is 34.5. The van der Waals surface area contributed by atoms with Crippen LogP contribution in [0.25, 0.3) is 22.3 Å². The van der Waals surface area contributed by atoms with E-state index in [-0.39, 0.29) is 130 Å². The van der Waals surface area contributed by atoms with Gasteiger partial charge in [0.25, 0.3) is 0 Å². The van der Waals surface area contributed by atoms with Gasteiger partial charge in [0.15, 0.2) is 23.1 Å². The van der Waals surface area contributed by atoms with Crippen LogP contribution in [-0.4, -0.2) is 131 Å². The second-order valence-electron chi connectivity index (χ2n) is 47.5. The minimum Gasteiger partial charge on any atom is -0.515 e. The molecular formula is C116H160N6O13. The molecule has 10 saturated carbocycles. The molecule has 3 aliphatic heterocycles. The number of hydrogen-bond acceptors (Lipinski definition) is 16. The van der Waals surface area contributed by atoms with Gasteiger partial charge in [-0.25, -0.2) is 0 Å². The zero-order chi connectivity index (χ0) is 92.7. The number of fused-ring (bicyclic) bond motifs is 31. The Morgan fingerprint density at radius 3 is 1.04 bits per heavy atom. The van der Waals surface area contributed by atoms with Crippen LogP contribution >= 0.6 is 0 Å². The molecule has 135 heavy (non-hydrogen) atoms. The van der Waals surface area contributed by atoms with Gasteiger partial charge in [0.2, 0.25) is 0 Å². The number of nitrogens with one attached hydrogen (secondary N) is 2. The van der Waals surface area contributed by atoms with Gasteiger partial charge in [-0.1, -0.05) is 216 Å². The van der Waals surface area contributed by atoms with Gasteiger partial charge < -0.3 is 54.3 Å². The molecule has 12 N–H and O–H groups in total. The fourth-order valence-electron chi connectivity index (χ4n) is 34.5. The molecule has 6 aromatic rings. The van der Waals surface area contributed by atoms with E-state index in [2.05, 4.69) is 267 Å². The zero-order valence-corrected chi connectivity index (χ0v) is 81.6. The summed E-state index contributed by atoms with van der Waals surface area (Å²) in [6, 6.07) is 43.7. The number of Topliss-reactive ketones (excluding diaryl/α,β-unsaturated/α-hetero) is 2. The smallest absolute Gasteiger partial charge is 0.163 e. The number of aliphatic hydroxyl groups is 4. The molecule has 25 rings (SSSR count). The van der Waals surface area contributed by atoms with Gasteiger partial charge in [0.05, 0.1) is 67.5 Å². The van der Waals surface area contributed by atoms with E-state index in [4.69, 9.17) is 33.5 Å². The maximum Gasteiger partial charge on any atom is 0.163 e. The number of allylic oxidation sites excluding steroid dienone is 9. The molecule has 19 aliphatic rings. The number of H-pyrrole nitrogens is 2. The van der Waals surface area contributed by atoms with Crippen LogP contribution < -0.4 is 11.7 Å². The quantitative estimate of drug-likeness (QED) is 0.0352. The standard InChI is InChI=1S/C29H36N2O2.C29H36O4.C28H36O3.C26H32N2O2.C2H6O.2CH4.H4N2.H2O/c1-27(2)32-25-22-14-23-18(16-30-31-23)15-29(22,4)21-12-13-28(3)19(17-8-6-5-7-9-17)10-11-20(28)24(21)26(25)33-27;1-27(2)32-25-22-14-23(31)18(16-30)15-29(22,4)21-12-13-28(3)19(17-8-6-5-7-9-17)10-11-20(28)24(21)26(25)33-27;1-26(2)30-24-22-16-18(29)12-14-28(22,4)21-13-15-27(3)19(17-8-6-5-7-9-17)10-11-20(27)23(21)25(24)31-26;1-25-11-10-19-22(18(25)9-8-17(25)15-6-4-3-5-7-15)24(30)23(29)20-12-21-16(14-27-28-21)13-26(19,20)2;1-2-3;;;1-2;/h5-10,16,20-22,24-26H,11-15H2,1-4H3,(H,30,31);5-10,16,20-22,24-26,30H,11-15H2,1-4H3;5-10,20-25H,11-16H2,1-4H3;3-8,14,18-20,22-24,29-30H,9-13H2,1-2H3,(H,27,28);3H,2H2,1H3;2*1H4;1-2H2;1H2/t2*20-,21-,22+,24-,25+,26+,28+,29+;20-,21-,22+,23-,24+,25+,27+,28+;18-,19-,20+,22-,23+,24+,25+,26+;;;;;/m0000...../s1. The van der Waals surface area contributed by atoms with Gasteiger partial charge in [-0.3, -0.25) is 31.5 Å². The van der Waals surface area contributed by atoms with Gasteiger partial charge in [-0.05, 0) is 346 Å². The first-order valence-corrected chi connectivity index (χ1v) is 50.9. The lowest BCUT2D eigenvalue weighted by Crippen LogP contribution is -2.64. The Kier molecular flexibility index (Phi) is 26.7. The molecule has 19 heteroatoms. The molecule has 0 spiro atoms. The Morgan fingerprint density at radius 2 is 0.681 bits per heavy atom. The lowest BCUT2D eigenvalue weighted by Gasteiger charge is -2.62. The molecule has 0 amide bonds. The Bertz CT molecular complexity index is 5450. The van der Waals surface area contributed by atoms with Gasteiger partial charge in [0.1, 0.15) is 5.78 Å². The number of hydrogen-bond donors (Lipinski definition) is 8. The topological polar surface area (TPSA) is 311 Å². The molecule has 2 aromatic heterocycles. The molecule has 13 fully saturated rings. The maximum absolute atomic E-state index is 12.8. The summed E-state index contributed by atoms with van der Waals surface area (Å²) in [6.45, 7) is 34.0. The van der Waals surface area contributed by atoms with Crippen LogP contribution in [0.4, 0.5) is 0 Å². The lowest BCUT2D eigenvalue weighted by atomic mass is 9.43. The summed E-state index contributed by atoms with van der Waals surface area (Å²) in [6.07, 6.45) is 35.6. The highest BCUT2D eigenvalue weighted by Gasteiger charge is 2.73. The summed E-state index contributed by atoms with van der Waals surface area (Å²) in [4.78, 5) is 25.3. The Labute approximate surface area is 804 Å². The average Bonchev–Trinajstić information content (AvgIpc) is 1.49. The molecular weight excluding hydrogens is 1690 g/mol. The monoisotopic (exact) mass is 1850 g/mol. The van der Waals surface area contributed by atoms with E-state index in [9.17, 15) is 24.9 Å². The van der Waals surface area contributed by atoms with Crippen molar-refractivity contribution in [3.63, 3.8) is 0 Å². The number of nitrogens with zero attached hydrogens (tertiary/aromatic N) is 2. The lowest BCUT2D eigenvalue weighted by molar-refractivity contribution is -0.200. The highest BCUT2D eigenvalue weighted by atomic mass is 16.8. The van der Waals surface area contributed by atoms with Crippen LogP contribution in [0.15, 0.2) is 170 Å². The van der Waals surface area contributed by atoms with E-state index in [0.717, 1.165) is 102 Å². The molecule has 4 aromatic carbocycles. The Hall–Kier alpha value is -7.34. The number of ether oxygens (including phenoxy) is 6. The SMILES string of the molecule is C.C.CC1(C)O[C@H]2[C@H](O1)[C@H]1CC(=O)C(=CO)C[C@]1(C)[C@H]1CC[C@]3(C)C(c4ccccc4)=CC[C@H]3[C@H]21.CC1(C)O[C@H]2[C@H](O1)[C@H]1CC(=O)CC[C@]1(C)[C@H]1CC[C@]3(C)C(c4ccccc4)=CC[C@H]3[C@H]21.CC1(C)O[C@H]2[C@H](O1)[C@H]1Cc3[nH]ncc3C[C@]1(C)[C@H]1CC[C@]3(C)C(c4ccccc4)=CC[C@H]3[C@H]21.CCO.C[C@]12Cc3cn[nH]c3C[C@@H]1[C@@H](O)[C@H](O)[C@@H]1[C@@H]2CC[C@]2(C)C(c3ccccc3)=CC[C@@H]12.NN.O. The summed E-state index contributed by atoms with van der Waals surface area (Å²) in [7, 11) is 0. The molecule has 0 unspecified atom stereocenters. The van der Waals surface area contributed by atoms with E-state index in [1.54, 1.807) is 12.5 Å². The minimum atomic E-state index is -0.671. The van der Waals surface area contributed by atoms with Crippen LogP contribution in [0, 0.1) is 138 Å². The number of aromatic amines is 2. The summed E-state index contributed by atoms with van der Waals surface area (Å²) in [5, 5.41) is 55.3. The van der Waals surface area contributed by atoms with Crippen LogP contribution in [0.5, 0.6) is 0 Å². The maximum atomic E-state index is 12.8. The van der Waals surface area contributed by atoms with Crippen molar-refractivity contribution in [2.75, 3.05) is 6.61 Å². The van der Waals surface area contributed by atoms with Crippen LogP contribution in [0.2, 0.25) is 0 Å². The number of carbonyl (C=O) groups excluding carboxylic acids is 2. The molecule has 0 bridgehead atoms. The van der Waals surface area contributed by atoms with Gasteiger partial charge in [0, 0.05) is 54.7 Å². The number of hydrazine groups is 1. The minimum absolute atomic E-state index is 0. The van der Waals surface area contributed by atoms with Crippen molar-refractivity contribution in [1.29, 1.82) is 0 Å². The third-order valence-corrected chi connectivity index (χ3v) is 40.2. The number of rotatable bonds is 4. The van der Waals surface area contributed by atoms with Crippen molar-refractivity contribution < 1.29 is 63.9 Å².